The van der Waals surface area contributed by atoms with E-state index in [1.165, 1.54) is 24.4 Å². The Morgan fingerprint density at radius 1 is 1.40 bits per heavy atom. The van der Waals surface area contributed by atoms with Gasteiger partial charge in [0.15, 0.2) is 6.61 Å². The van der Waals surface area contributed by atoms with Crippen LogP contribution >= 0.6 is 11.6 Å². The van der Waals surface area contributed by atoms with Crippen molar-refractivity contribution in [3.63, 3.8) is 0 Å². The number of halogens is 1. The molecule has 0 bridgehead atoms. The number of hydrogen-bond acceptors (Lipinski definition) is 6. The molecule has 126 valence electrons. The zero-order valence-corrected chi connectivity index (χ0v) is 13.4. The van der Waals surface area contributed by atoms with Gasteiger partial charge in [0.2, 0.25) is 0 Å². The largest absolute Gasteiger partial charge is 0.482 e. The summed E-state index contributed by atoms with van der Waals surface area (Å²) < 4.78 is 5.24. The number of carbonyl (C=O) groups excluding carboxylic acids is 1. The third-order valence-electron chi connectivity index (χ3n) is 2.95. The number of non-ortho nitro benzene ring substituents is 1. The summed E-state index contributed by atoms with van der Waals surface area (Å²) in [6.45, 7) is -0.349. The molecule has 0 heterocycles. The fourth-order valence-electron chi connectivity index (χ4n) is 1.78. The first-order valence-electron chi connectivity index (χ1n) is 6.89. The molecule has 2 aromatic rings. The van der Waals surface area contributed by atoms with Crippen LogP contribution in [0.25, 0.3) is 0 Å². The first-order valence-corrected chi connectivity index (χ1v) is 7.27. The van der Waals surface area contributed by atoms with Crippen molar-refractivity contribution in [3.05, 3.63) is 68.7 Å². The van der Waals surface area contributed by atoms with Gasteiger partial charge < -0.3 is 4.74 Å². The van der Waals surface area contributed by atoms with Gasteiger partial charge in [-0.1, -0.05) is 23.7 Å². The van der Waals surface area contributed by atoms with Crippen LogP contribution in [0.5, 0.6) is 5.75 Å². The quantitative estimate of drug-likeness (QED) is 0.484. The van der Waals surface area contributed by atoms with Crippen molar-refractivity contribution in [1.29, 1.82) is 5.26 Å². The van der Waals surface area contributed by atoms with E-state index >= 15 is 0 Å². The summed E-state index contributed by atoms with van der Waals surface area (Å²) in [4.78, 5) is 21.9. The lowest BCUT2D eigenvalue weighted by atomic mass is 10.2. The lowest BCUT2D eigenvalue weighted by Gasteiger charge is -2.06. The van der Waals surface area contributed by atoms with Crippen LogP contribution < -0.4 is 10.2 Å². The molecule has 0 saturated carbocycles. The molecule has 0 atom stereocenters. The molecular weight excluding hydrogens is 348 g/mol. The van der Waals surface area contributed by atoms with E-state index in [9.17, 15) is 14.9 Å². The second-order valence-electron chi connectivity index (χ2n) is 4.65. The lowest BCUT2D eigenvalue weighted by Crippen LogP contribution is -2.24. The van der Waals surface area contributed by atoms with Crippen LogP contribution in [0, 0.1) is 21.4 Å². The Bertz CT molecular complexity index is 877. The molecule has 0 fully saturated rings. The Morgan fingerprint density at radius 2 is 2.16 bits per heavy atom. The highest BCUT2D eigenvalue weighted by atomic mass is 35.5. The molecule has 0 aliphatic rings. The van der Waals surface area contributed by atoms with Gasteiger partial charge in [0.1, 0.15) is 11.8 Å². The number of hydrazone groups is 1. The number of nitriles is 1. The average Bonchev–Trinajstić information content (AvgIpc) is 2.61. The summed E-state index contributed by atoms with van der Waals surface area (Å²) in [6.07, 6.45) is 1.19. The molecule has 1 N–H and O–H groups in total. The van der Waals surface area contributed by atoms with E-state index in [4.69, 9.17) is 21.6 Å². The van der Waals surface area contributed by atoms with E-state index in [0.717, 1.165) is 0 Å². The van der Waals surface area contributed by atoms with Crippen molar-refractivity contribution in [2.45, 2.75) is 0 Å². The Labute approximate surface area is 147 Å². The Hall–Kier alpha value is -3.44. The maximum absolute atomic E-state index is 11.7. The smallest absolute Gasteiger partial charge is 0.277 e. The summed E-state index contributed by atoms with van der Waals surface area (Å²) in [7, 11) is 0. The Balaban J connectivity index is 1.94. The van der Waals surface area contributed by atoms with Gasteiger partial charge in [-0.15, -0.1) is 0 Å². The first kappa shape index (κ1) is 17.9. The highest BCUT2D eigenvalue weighted by molar-refractivity contribution is 6.33. The molecular formula is C16H11ClN4O4. The molecule has 0 aliphatic heterocycles. The van der Waals surface area contributed by atoms with Crippen molar-refractivity contribution in [1.82, 2.24) is 5.43 Å². The number of nitro groups is 1. The zero-order valence-electron chi connectivity index (χ0n) is 12.7. The molecule has 2 rings (SSSR count). The number of para-hydroxylation sites is 1. The summed E-state index contributed by atoms with van der Waals surface area (Å²) in [5.74, 6) is -0.281. The summed E-state index contributed by atoms with van der Waals surface area (Å²) in [5, 5.41) is 23.6. The van der Waals surface area contributed by atoms with E-state index in [1.807, 2.05) is 6.07 Å². The Morgan fingerprint density at radius 3 is 2.88 bits per heavy atom. The molecule has 0 radical (unpaired) electrons. The molecule has 0 unspecified atom stereocenters. The van der Waals surface area contributed by atoms with E-state index in [2.05, 4.69) is 10.5 Å². The zero-order chi connectivity index (χ0) is 18.2. The van der Waals surface area contributed by atoms with Crippen LogP contribution in [0.15, 0.2) is 47.6 Å². The SMILES string of the molecule is N#Cc1ccccc1OCC(=O)N/N=C\c1cc([N+](=O)[O-])ccc1Cl. The van der Waals surface area contributed by atoms with Crippen LogP contribution in [0.3, 0.4) is 0 Å². The number of carbonyl (C=O) groups is 1. The van der Waals surface area contributed by atoms with Crippen molar-refractivity contribution in [2.24, 2.45) is 5.10 Å². The van der Waals surface area contributed by atoms with Gasteiger partial charge in [0, 0.05) is 22.7 Å². The number of rotatable bonds is 6. The predicted octanol–water partition coefficient (Wildman–Crippen LogP) is 2.65. The second kappa shape index (κ2) is 8.42. The molecule has 25 heavy (non-hydrogen) atoms. The fraction of sp³-hybridized carbons (Fsp3) is 0.0625. The maximum atomic E-state index is 11.7. The summed E-state index contributed by atoms with van der Waals surface area (Å²) >= 11 is 5.91. The summed E-state index contributed by atoms with van der Waals surface area (Å²) in [6, 6.07) is 12.3. The monoisotopic (exact) mass is 358 g/mol. The predicted molar refractivity (Wildman–Crippen MR) is 90.5 cm³/mol. The van der Waals surface area contributed by atoms with Crippen molar-refractivity contribution in [3.8, 4) is 11.8 Å². The van der Waals surface area contributed by atoms with Gasteiger partial charge in [0.25, 0.3) is 11.6 Å². The molecule has 0 saturated heterocycles. The van der Waals surface area contributed by atoms with Gasteiger partial charge in [-0.2, -0.15) is 10.4 Å². The van der Waals surface area contributed by atoms with Gasteiger partial charge in [-0.3, -0.25) is 14.9 Å². The average molecular weight is 359 g/mol. The van der Waals surface area contributed by atoms with Crippen molar-refractivity contribution < 1.29 is 14.5 Å². The van der Waals surface area contributed by atoms with Gasteiger partial charge in [-0.05, 0) is 18.2 Å². The molecule has 0 spiro atoms. The standard InChI is InChI=1S/C16H11ClN4O4/c17-14-6-5-13(21(23)24)7-12(14)9-19-20-16(22)10-25-15-4-2-1-3-11(15)8-18/h1-7,9H,10H2,(H,20,22)/b19-9-. The minimum Gasteiger partial charge on any atom is -0.482 e. The topological polar surface area (TPSA) is 118 Å². The normalized spacial score (nSPS) is 10.2. The highest BCUT2D eigenvalue weighted by Crippen LogP contribution is 2.20. The lowest BCUT2D eigenvalue weighted by molar-refractivity contribution is -0.384. The van der Waals surface area contributed by atoms with Gasteiger partial charge in [-0.25, -0.2) is 5.43 Å². The molecule has 0 aliphatic carbocycles. The van der Waals surface area contributed by atoms with Gasteiger partial charge in [0.05, 0.1) is 16.7 Å². The summed E-state index contributed by atoms with van der Waals surface area (Å²) in [5.41, 5.74) is 2.66. The second-order valence-corrected chi connectivity index (χ2v) is 5.06. The van der Waals surface area contributed by atoms with E-state index in [0.29, 0.717) is 5.56 Å². The third-order valence-corrected chi connectivity index (χ3v) is 3.29. The minimum absolute atomic E-state index is 0.145. The maximum Gasteiger partial charge on any atom is 0.277 e. The van der Waals surface area contributed by atoms with E-state index < -0.39 is 10.8 Å². The first-order chi connectivity index (χ1) is 12.0. The molecule has 0 aromatic heterocycles. The molecule has 2 aromatic carbocycles. The van der Waals surface area contributed by atoms with Crippen LogP contribution in [-0.2, 0) is 4.79 Å². The van der Waals surface area contributed by atoms with E-state index in [1.54, 1.807) is 24.3 Å². The van der Waals surface area contributed by atoms with Gasteiger partial charge >= 0.3 is 0 Å². The molecule has 9 heteroatoms. The molecule has 8 nitrogen and oxygen atoms in total. The highest BCUT2D eigenvalue weighted by Gasteiger charge is 2.09. The number of benzene rings is 2. The number of amides is 1. The van der Waals surface area contributed by atoms with Crippen LogP contribution in [-0.4, -0.2) is 23.7 Å². The fourth-order valence-corrected chi connectivity index (χ4v) is 1.94. The number of hydrogen-bond donors (Lipinski definition) is 1. The third kappa shape index (κ3) is 5.02. The number of nitro benzene ring substituents is 1. The van der Waals surface area contributed by atoms with Crippen molar-refractivity contribution >= 4 is 29.4 Å². The molecule has 1 amide bonds. The van der Waals surface area contributed by atoms with Crippen LogP contribution in [0.4, 0.5) is 5.69 Å². The van der Waals surface area contributed by atoms with Crippen molar-refractivity contribution in [2.75, 3.05) is 6.61 Å². The number of nitrogens with one attached hydrogen (secondary N) is 1. The van der Waals surface area contributed by atoms with E-state index in [-0.39, 0.29) is 28.6 Å². The van der Waals surface area contributed by atoms with Crippen LogP contribution in [0.1, 0.15) is 11.1 Å². The minimum atomic E-state index is -0.564. The Kier molecular flexibility index (Phi) is 6.03. The van der Waals surface area contributed by atoms with Crippen LogP contribution in [0.2, 0.25) is 5.02 Å². The number of ether oxygens (including phenoxy) is 1. The number of nitrogens with zero attached hydrogens (tertiary/aromatic N) is 3.